The molecule has 8 N–H and O–H groups in total. The molecule has 0 saturated carbocycles. The van der Waals surface area contributed by atoms with Crippen molar-refractivity contribution in [3.8, 4) is 5.75 Å². The lowest BCUT2D eigenvalue weighted by Crippen LogP contribution is -2.40. The minimum Gasteiger partial charge on any atom is -0.506 e. The molecule has 0 aliphatic carbocycles. The van der Waals surface area contributed by atoms with Gasteiger partial charge in [-0.3, -0.25) is 18.4 Å². The molecule has 0 unspecified atom stereocenters. The second-order valence-electron chi connectivity index (χ2n) is 9.57. The lowest BCUT2D eigenvalue weighted by molar-refractivity contribution is -0.676. The summed E-state index contributed by atoms with van der Waals surface area (Å²) >= 11 is 5.92. The summed E-state index contributed by atoms with van der Waals surface area (Å²) in [7, 11) is 1.00. The van der Waals surface area contributed by atoms with E-state index >= 15 is 0 Å². The monoisotopic (exact) mass is 669 g/mol. The number of nitrogens with two attached hydrogens (primary N) is 2. The number of imidazole rings is 1. The lowest BCUT2D eigenvalue weighted by Gasteiger charge is -2.08. The van der Waals surface area contributed by atoms with Gasteiger partial charge in [0.2, 0.25) is 6.20 Å². The van der Waals surface area contributed by atoms with Crippen LogP contribution in [0.3, 0.4) is 0 Å². The number of nitrogens with zero attached hydrogens (tertiary/aromatic N) is 5. The maximum Gasteiger partial charge on any atom is 0.277 e. The Morgan fingerprint density at radius 2 is 1.89 bits per heavy atom. The number of aliphatic hydroxyl groups excluding tert-OH is 2. The second-order valence-corrected chi connectivity index (χ2v) is 9.93. The zero-order valence-corrected chi connectivity index (χ0v) is 26.9. The highest BCUT2D eigenvalue weighted by atomic mass is 35.5. The van der Waals surface area contributed by atoms with E-state index in [1.807, 2.05) is 32.9 Å². The Morgan fingerprint density at radius 3 is 2.57 bits per heavy atom. The summed E-state index contributed by atoms with van der Waals surface area (Å²) < 4.78 is 30.6. The molecular weight excluding hydrogens is 628 g/mol. The molecule has 17 heteroatoms. The minimum absolute atomic E-state index is 0.0701. The Hall–Kier alpha value is -4.57. The number of ether oxygens (including phenoxy) is 1. The van der Waals surface area contributed by atoms with E-state index in [1.165, 1.54) is 0 Å². The molecule has 14 nitrogen and oxygen atoms in total. The summed E-state index contributed by atoms with van der Waals surface area (Å²) in [5.41, 5.74) is 12.9. The topological polar surface area (TPSA) is 198 Å². The first-order valence-corrected chi connectivity index (χ1v) is 14.8. The predicted octanol–water partition coefficient (Wildman–Crippen LogP) is 1.81. The molecule has 0 fully saturated rings. The van der Waals surface area contributed by atoms with Crippen LogP contribution in [-0.2, 0) is 24.4 Å². The number of alkyl halides is 2. The van der Waals surface area contributed by atoms with Crippen molar-refractivity contribution in [3.05, 3.63) is 46.8 Å². The van der Waals surface area contributed by atoms with E-state index in [1.54, 1.807) is 18.3 Å². The number of aliphatic hydroxyl groups is 2. The molecule has 1 aromatic carbocycles. The van der Waals surface area contributed by atoms with Crippen molar-refractivity contribution in [2.24, 2.45) is 0 Å². The smallest absolute Gasteiger partial charge is 0.277 e. The van der Waals surface area contributed by atoms with Gasteiger partial charge in [0.15, 0.2) is 45.9 Å². The number of hydrogen-bond acceptors (Lipinski definition) is 9. The molecular formula is C29H42ClF2N9O5+2. The van der Waals surface area contributed by atoms with Gasteiger partial charge >= 0.3 is 0 Å². The second kappa shape index (κ2) is 19.1. The zero-order valence-electron chi connectivity index (χ0n) is 26.1. The Labute approximate surface area is 270 Å². The van der Waals surface area contributed by atoms with Gasteiger partial charge in [0.1, 0.15) is 31.6 Å². The summed E-state index contributed by atoms with van der Waals surface area (Å²) in [5, 5.41) is 24.9. The number of fused-ring (bicyclic) bond motifs is 1. The first kappa shape index (κ1) is 37.6. The summed E-state index contributed by atoms with van der Waals surface area (Å²) in [6.07, 6.45) is 5.90. The first-order chi connectivity index (χ1) is 22.2. The quantitative estimate of drug-likeness (QED) is 0.116. The van der Waals surface area contributed by atoms with Crippen molar-refractivity contribution in [3.63, 3.8) is 0 Å². The number of carbonyl (C=O) groups is 2. The molecule has 4 rings (SSSR count). The summed E-state index contributed by atoms with van der Waals surface area (Å²) in [4.78, 5) is 33.0. The van der Waals surface area contributed by atoms with Gasteiger partial charge in [-0.15, -0.1) is 0 Å². The molecule has 0 atom stereocenters. The van der Waals surface area contributed by atoms with Crippen LogP contribution in [0.25, 0.3) is 11.0 Å². The molecule has 1 aliphatic heterocycles. The fourth-order valence-electron chi connectivity index (χ4n) is 4.74. The summed E-state index contributed by atoms with van der Waals surface area (Å²) in [6.45, 7) is 3.77. The minimum atomic E-state index is -0.580. The number of aromatic nitrogens is 4. The predicted molar refractivity (Wildman–Crippen MR) is 170 cm³/mol. The van der Waals surface area contributed by atoms with Crippen LogP contribution < -0.4 is 31.4 Å². The number of nitrogens with one attached hydrogen (secondary N) is 2. The maximum atomic E-state index is 12.8. The Bertz CT molecular complexity index is 1550. The number of allylic oxidation sites excluding steroid dienone is 1. The third-order valence-corrected chi connectivity index (χ3v) is 6.96. The maximum absolute atomic E-state index is 12.8. The molecule has 2 aromatic heterocycles. The van der Waals surface area contributed by atoms with E-state index in [2.05, 4.69) is 20.6 Å². The number of halogens is 3. The molecule has 1 aliphatic rings. The molecule has 46 heavy (non-hydrogen) atoms. The number of rotatable bonds is 13. The highest BCUT2D eigenvalue weighted by Gasteiger charge is 2.26. The van der Waals surface area contributed by atoms with Crippen molar-refractivity contribution in [2.75, 3.05) is 52.1 Å². The molecule has 0 radical (unpaired) electrons. The van der Waals surface area contributed by atoms with Crippen LogP contribution in [0.4, 0.5) is 20.4 Å². The van der Waals surface area contributed by atoms with E-state index in [0.717, 1.165) is 17.5 Å². The third kappa shape index (κ3) is 9.97. The zero-order chi connectivity index (χ0) is 34.2. The third-order valence-electron chi connectivity index (χ3n) is 6.68. The molecule has 0 bridgehead atoms. The van der Waals surface area contributed by atoms with Crippen LogP contribution in [0, 0.1) is 0 Å². The van der Waals surface area contributed by atoms with Gasteiger partial charge < -0.3 is 37.1 Å². The lowest BCUT2D eigenvalue weighted by atomic mass is 10.2. The highest BCUT2D eigenvalue weighted by molar-refractivity contribution is 6.31. The highest BCUT2D eigenvalue weighted by Crippen LogP contribution is 2.22. The van der Waals surface area contributed by atoms with Crippen molar-refractivity contribution in [2.45, 2.75) is 45.8 Å². The number of amides is 2. The average Bonchev–Trinajstić information content (AvgIpc) is 3.36. The van der Waals surface area contributed by atoms with Gasteiger partial charge in [-0.1, -0.05) is 11.6 Å². The van der Waals surface area contributed by atoms with Gasteiger partial charge in [-0.05, 0) is 19.1 Å². The number of nitrogen functional groups attached to an aromatic ring is 2. The summed E-state index contributed by atoms with van der Waals surface area (Å²) in [6, 6.07) is 5.43. The Morgan fingerprint density at radius 1 is 1.15 bits per heavy atom. The van der Waals surface area contributed by atoms with E-state index in [0.29, 0.717) is 64.2 Å². The molecule has 3 aromatic rings. The van der Waals surface area contributed by atoms with E-state index in [4.69, 9.17) is 27.8 Å². The molecule has 3 heterocycles. The van der Waals surface area contributed by atoms with E-state index in [9.17, 15) is 28.6 Å². The average molecular weight is 670 g/mol. The fraction of sp³-hybridized carbons (Fsp3) is 0.448. The van der Waals surface area contributed by atoms with Crippen LogP contribution in [0.15, 0.2) is 30.2 Å². The first-order valence-electron chi connectivity index (χ1n) is 14.4. The fourth-order valence-corrected chi connectivity index (χ4v) is 4.87. The Kier molecular flexibility index (Phi) is 15.6. The molecule has 0 saturated heterocycles. The van der Waals surface area contributed by atoms with E-state index < -0.39 is 5.91 Å². The number of benzene rings is 1. The largest absolute Gasteiger partial charge is 0.506 e. The van der Waals surface area contributed by atoms with Gasteiger partial charge in [-0.25, -0.2) is 23.7 Å². The van der Waals surface area contributed by atoms with Crippen LogP contribution in [-0.4, -0.2) is 88.0 Å². The number of anilines is 2. The van der Waals surface area contributed by atoms with Gasteiger partial charge in [0.05, 0.1) is 27.5 Å². The van der Waals surface area contributed by atoms with Gasteiger partial charge in [0, 0.05) is 31.9 Å². The van der Waals surface area contributed by atoms with Gasteiger partial charge in [0.25, 0.3) is 17.6 Å². The van der Waals surface area contributed by atoms with Crippen LogP contribution in [0.5, 0.6) is 5.75 Å². The van der Waals surface area contributed by atoms with Gasteiger partial charge in [-0.2, -0.15) is 0 Å². The van der Waals surface area contributed by atoms with Crippen molar-refractivity contribution in [1.29, 1.82) is 0 Å². The molecule has 0 spiro atoms. The Balaban J connectivity index is 0.00000177. The summed E-state index contributed by atoms with van der Waals surface area (Å²) in [5.74, 6) is 0.519. The standard InChI is InChI=1S/C27H34ClN9O5.2CH3F/c1-2-36-19-7-6-18(42-16-21(40)31-8-4-10-35-9-3-5-17(39)15-35)13-20(19)37(11-12-38)22(36)14-32-27(41)23-25(29)34-26(30)24(28)33-23;2*1-2/h6-7,9,13,15,38H,2-5,8,10-12,14,16H2,1H3,(H5-2,29,30,31,32,34,39,40,41);2*1H3/p+2. The van der Waals surface area contributed by atoms with Crippen molar-refractivity contribution < 1.29 is 42.5 Å². The number of hydrogen-bond donors (Lipinski definition) is 6. The SMILES string of the molecule is CC[n+]1c(CNC(=O)c2nc(Cl)c(N)nc2N)n(CCO)c2cc(OCC(=O)NCCC[N+]3=CCCC(O)=C3)ccc21.CF.CF. The molecule has 2 amide bonds. The number of carbonyl (C=O) groups excluding carboxylic acids is 2. The normalized spacial score (nSPS) is 12.2. The molecule has 252 valence electrons. The van der Waals surface area contributed by atoms with Crippen LogP contribution in [0.1, 0.15) is 42.5 Å². The van der Waals surface area contributed by atoms with Crippen molar-refractivity contribution >= 4 is 52.3 Å². The van der Waals surface area contributed by atoms with E-state index in [-0.39, 0.29) is 54.7 Å². The van der Waals surface area contributed by atoms with Crippen LogP contribution >= 0.6 is 11.6 Å². The number of aryl methyl sites for hydroxylation is 1. The van der Waals surface area contributed by atoms with Crippen molar-refractivity contribution in [1.82, 2.24) is 25.2 Å². The van der Waals surface area contributed by atoms with Crippen LogP contribution in [0.2, 0.25) is 5.15 Å².